The fraction of sp³-hybridized carbons (Fsp3) is 0.208. The minimum absolute atomic E-state index is 0.0564. The number of rotatable bonds is 8. The van der Waals surface area contributed by atoms with Crippen molar-refractivity contribution < 1.29 is 9.53 Å². The van der Waals surface area contributed by atoms with Crippen molar-refractivity contribution in [2.45, 2.75) is 25.6 Å². The Hall–Kier alpha value is -2.91. The minimum Gasteiger partial charge on any atom is -0.469 e. The molecule has 0 aliphatic rings. The summed E-state index contributed by atoms with van der Waals surface area (Å²) < 4.78 is 4.99. The van der Waals surface area contributed by atoms with Gasteiger partial charge < -0.3 is 4.74 Å². The number of hydrogen-bond donors (Lipinski definition) is 0. The molecule has 0 N–H and O–H groups in total. The van der Waals surface area contributed by atoms with E-state index in [-0.39, 0.29) is 12.0 Å². The average molecular weight is 359 g/mol. The summed E-state index contributed by atoms with van der Waals surface area (Å²) >= 11 is 0. The molecule has 0 spiro atoms. The predicted octanol–water partition coefficient (Wildman–Crippen LogP) is 4.99. The van der Waals surface area contributed by atoms with Crippen molar-refractivity contribution in [3.8, 4) is 0 Å². The van der Waals surface area contributed by atoms with Gasteiger partial charge in [-0.3, -0.25) is 9.69 Å². The standard InChI is InChI=1S/C24H25NO2/c1-27-24(26)17-23(22-15-9-4-10-16-22)25(18-20-11-5-2-6-12-20)19-21-13-7-3-8-14-21/h2-16,23H,17-19H2,1H3. The van der Waals surface area contributed by atoms with Crippen LogP contribution in [0.2, 0.25) is 0 Å². The maximum atomic E-state index is 12.2. The maximum absolute atomic E-state index is 12.2. The van der Waals surface area contributed by atoms with E-state index in [1.54, 1.807) is 0 Å². The van der Waals surface area contributed by atoms with Gasteiger partial charge in [-0.05, 0) is 16.7 Å². The molecular weight excluding hydrogens is 334 g/mol. The highest BCUT2D eigenvalue weighted by atomic mass is 16.5. The third kappa shape index (κ3) is 5.53. The van der Waals surface area contributed by atoms with Crippen LogP contribution in [0, 0.1) is 0 Å². The van der Waals surface area contributed by atoms with Crippen LogP contribution in [0.15, 0.2) is 91.0 Å². The van der Waals surface area contributed by atoms with Crippen LogP contribution in [0.4, 0.5) is 0 Å². The second-order valence-electron chi connectivity index (χ2n) is 6.58. The molecule has 0 bridgehead atoms. The molecule has 3 rings (SSSR count). The van der Waals surface area contributed by atoms with E-state index in [4.69, 9.17) is 4.74 Å². The number of carbonyl (C=O) groups is 1. The quantitative estimate of drug-likeness (QED) is 0.531. The monoisotopic (exact) mass is 359 g/mol. The van der Waals surface area contributed by atoms with Crippen LogP contribution in [-0.2, 0) is 22.6 Å². The molecule has 0 saturated carbocycles. The summed E-state index contributed by atoms with van der Waals surface area (Å²) in [6.45, 7) is 1.51. The Morgan fingerprint density at radius 3 is 1.67 bits per heavy atom. The van der Waals surface area contributed by atoms with E-state index in [2.05, 4.69) is 41.3 Å². The molecule has 3 nitrogen and oxygen atoms in total. The largest absolute Gasteiger partial charge is 0.469 e. The first-order valence-electron chi connectivity index (χ1n) is 9.20. The third-order valence-electron chi connectivity index (χ3n) is 4.67. The van der Waals surface area contributed by atoms with Gasteiger partial charge in [-0.15, -0.1) is 0 Å². The van der Waals surface area contributed by atoms with Gasteiger partial charge in [0.1, 0.15) is 0 Å². The van der Waals surface area contributed by atoms with Crippen molar-refractivity contribution >= 4 is 5.97 Å². The lowest BCUT2D eigenvalue weighted by molar-refractivity contribution is -0.142. The van der Waals surface area contributed by atoms with E-state index in [0.29, 0.717) is 6.42 Å². The fourth-order valence-electron chi connectivity index (χ4n) is 3.29. The number of hydrogen-bond acceptors (Lipinski definition) is 3. The number of methoxy groups -OCH3 is 1. The van der Waals surface area contributed by atoms with Crippen molar-refractivity contribution in [3.63, 3.8) is 0 Å². The van der Waals surface area contributed by atoms with Gasteiger partial charge in [-0.2, -0.15) is 0 Å². The van der Waals surface area contributed by atoms with E-state index in [1.165, 1.54) is 18.2 Å². The Morgan fingerprint density at radius 1 is 0.778 bits per heavy atom. The molecule has 3 aromatic rings. The molecule has 1 unspecified atom stereocenters. The zero-order valence-electron chi connectivity index (χ0n) is 15.6. The van der Waals surface area contributed by atoms with Gasteiger partial charge in [0, 0.05) is 19.1 Å². The van der Waals surface area contributed by atoms with Gasteiger partial charge in [-0.25, -0.2) is 0 Å². The second-order valence-corrected chi connectivity index (χ2v) is 6.58. The number of ether oxygens (including phenoxy) is 1. The lowest BCUT2D eigenvalue weighted by atomic mass is 10.00. The van der Waals surface area contributed by atoms with E-state index in [1.807, 2.05) is 54.6 Å². The topological polar surface area (TPSA) is 29.5 Å². The highest BCUT2D eigenvalue weighted by Crippen LogP contribution is 2.28. The van der Waals surface area contributed by atoms with Gasteiger partial charge in [0.25, 0.3) is 0 Å². The van der Waals surface area contributed by atoms with Crippen LogP contribution >= 0.6 is 0 Å². The first kappa shape index (κ1) is 18.9. The van der Waals surface area contributed by atoms with Crippen LogP contribution in [0.5, 0.6) is 0 Å². The average Bonchev–Trinajstić information content (AvgIpc) is 2.73. The summed E-state index contributed by atoms with van der Waals surface area (Å²) in [5, 5.41) is 0. The van der Waals surface area contributed by atoms with Crippen LogP contribution in [0.25, 0.3) is 0 Å². The van der Waals surface area contributed by atoms with Gasteiger partial charge in [-0.1, -0.05) is 91.0 Å². The van der Waals surface area contributed by atoms with Gasteiger partial charge >= 0.3 is 5.97 Å². The molecule has 0 aliphatic heterocycles. The van der Waals surface area contributed by atoms with Crippen molar-refractivity contribution in [2.24, 2.45) is 0 Å². The third-order valence-corrected chi connectivity index (χ3v) is 4.67. The van der Waals surface area contributed by atoms with Crippen LogP contribution in [0.1, 0.15) is 29.2 Å². The van der Waals surface area contributed by atoms with Crippen LogP contribution in [-0.4, -0.2) is 18.0 Å². The summed E-state index contributed by atoms with van der Waals surface area (Å²) in [5.41, 5.74) is 3.56. The Kier molecular flexibility index (Phi) is 6.78. The summed E-state index contributed by atoms with van der Waals surface area (Å²) in [6, 6.07) is 30.9. The molecule has 27 heavy (non-hydrogen) atoms. The number of esters is 1. The lowest BCUT2D eigenvalue weighted by Crippen LogP contribution is -2.30. The Morgan fingerprint density at radius 2 is 1.22 bits per heavy atom. The summed E-state index contributed by atoms with van der Waals surface area (Å²) in [5.74, 6) is -0.199. The van der Waals surface area contributed by atoms with Gasteiger partial charge in [0.2, 0.25) is 0 Å². The highest BCUT2D eigenvalue weighted by Gasteiger charge is 2.24. The molecule has 0 heterocycles. The second kappa shape index (κ2) is 9.70. The summed E-state index contributed by atoms with van der Waals surface area (Å²) in [7, 11) is 1.45. The summed E-state index contributed by atoms with van der Waals surface area (Å²) in [6.07, 6.45) is 0.320. The van der Waals surface area contributed by atoms with E-state index in [9.17, 15) is 4.79 Å². The van der Waals surface area contributed by atoms with Crippen molar-refractivity contribution in [3.05, 3.63) is 108 Å². The lowest BCUT2D eigenvalue weighted by Gasteiger charge is -2.32. The SMILES string of the molecule is COC(=O)CC(c1ccccc1)N(Cc1ccccc1)Cc1ccccc1. The Bertz CT molecular complexity index is 777. The number of benzene rings is 3. The zero-order valence-corrected chi connectivity index (χ0v) is 15.6. The molecular formula is C24H25NO2. The molecule has 138 valence electrons. The molecule has 0 aromatic heterocycles. The molecule has 3 heteroatoms. The van der Waals surface area contributed by atoms with E-state index in [0.717, 1.165) is 18.7 Å². The van der Waals surface area contributed by atoms with Gasteiger partial charge in [0.05, 0.1) is 13.5 Å². The molecule has 0 saturated heterocycles. The number of carbonyl (C=O) groups excluding carboxylic acids is 1. The molecule has 0 radical (unpaired) electrons. The molecule has 0 aliphatic carbocycles. The van der Waals surface area contributed by atoms with Crippen LogP contribution in [0.3, 0.4) is 0 Å². The zero-order chi connectivity index (χ0) is 18.9. The molecule has 3 aromatic carbocycles. The number of nitrogens with zero attached hydrogens (tertiary/aromatic N) is 1. The first-order valence-corrected chi connectivity index (χ1v) is 9.20. The Labute approximate surface area is 161 Å². The fourth-order valence-corrected chi connectivity index (χ4v) is 3.29. The predicted molar refractivity (Wildman–Crippen MR) is 108 cm³/mol. The molecule has 0 amide bonds. The Balaban J connectivity index is 1.94. The highest BCUT2D eigenvalue weighted by molar-refractivity contribution is 5.70. The van der Waals surface area contributed by atoms with Crippen molar-refractivity contribution in [2.75, 3.05) is 7.11 Å². The molecule has 1 atom stereocenters. The first-order chi connectivity index (χ1) is 13.3. The van der Waals surface area contributed by atoms with Crippen molar-refractivity contribution in [1.29, 1.82) is 0 Å². The smallest absolute Gasteiger partial charge is 0.307 e. The van der Waals surface area contributed by atoms with E-state index < -0.39 is 0 Å². The van der Waals surface area contributed by atoms with Gasteiger partial charge in [0.15, 0.2) is 0 Å². The van der Waals surface area contributed by atoms with Crippen LogP contribution < -0.4 is 0 Å². The normalized spacial score (nSPS) is 11.9. The van der Waals surface area contributed by atoms with E-state index >= 15 is 0 Å². The summed E-state index contributed by atoms with van der Waals surface area (Å²) in [4.78, 5) is 14.5. The minimum atomic E-state index is -0.199. The van der Waals surface area contributed by atoms with Crippen molar-refractivity contribution in [1.82, 2.24) is 4.90 Å². The molecule has 0 fully saturated rings. The maximum Gasteiger partial charge on any atom is 0.307 e.